The molecule has 2 aromatic rings. The van der Waals surface area contributed by atoms with E-state index in [0.717, 1.165) is 5.69 Å². The van der Waals surface area contributed by atoms with Crippen molar-refractivity contribution >= 4 is 12.1 Å². The van der Waals surface area contributed by atoms with Gasteiger partial charge in [0.25, 0.3) is 5.91 Å². The van der Waals surface area contributed by atoms with E-state index in [1.165, 1.54) is 26.6 Å². The number of phenols is 1. The van der Waals surface area contributed by atoms with Crippen LogP contribution in [-0.2, 0) is 0 Å². The highest BCUT2D eigenvalue weighted by Gasteiger charge is 2.10. The zero-order valence-electron chi connectivity index (χ0n) is 13.0. The first-order valence-corrected chi connectivity index (χ1v) is 6.76. The van der Waals surface area contributed by atoms with E-state index >= 15 is 0 Å². The van der Waals surface area contributed by atoms with Crippen molar-refractivity contribution < 1.29 is 19.4 Å². The molecule has 0 bridgehead atoms. The number of benzene rings is 1. The van der Waals surface area contributed by atoms with Crippen molar-refractivity contribution in [3.8, 4) is 17.2 Å². The maximum absolute atomic E-state index is 11.9. The molecule has 1 heterocycles. The van der Waals surface area contributed by atoms with Gasteiger partial charge in [0.05, 0.1) is 26.0 Å². The van der Waals surface area contributed by atoms with Gasteiger partial charge in [0, 0.05) is 17.5 Å². The predicted octanol–water partition coefficient (Wildman–Crippen LogP) is 1.88. The second-order valence-electron chi connectivity index (χ2n) is 4.66. The molecule has 0 saturated carbocycles. The molecular formula is C16H17N3O4. The minimum atomic E-state index is -0.369. The quantitative estimate of drug-likeness (QED) is 0.649. The van der Waals surface area contributed by atoms with Crippen LogP contribution in [0.15, 0.2) is 35.6 Å². The minimum Gasteiger partial charge on any atom is -0.502 e. The first-order chi connectivity index (χ1) is 11.0. The fourth-order valence-electron chi connectivity index (χ4n) is 1.82. The fourth-order valence-corrected chi connectivity index (χ4v) is 1.82. The van der Waals surface area contributed by atoms with Crippen molar-refractivity contribution in [2.45, 2.75) is 6.92 Å². The first-order valence-electron chi connectivity index (χ1n) is 6.76. The molecule has 1 amide bonds. The summed E-state index contributed by atoms with van der Waals surface area (Å²) < 4.78 is 10.1. The van der Waals surface area contributed by atoms with E-state index in [9.17, 15) is 9.90 Å². The Kier molecular flexibility index (Phi) is 5.14. The topological polar surface area (TPSA) is 93.0 Å². The lowest BCUT2D eigenvalue weighted by Crippen LogP contribution is -2.17. The Morgan fingerprint density at radius 3 is 2.43 bits per heavy atom. The number of methoxy groups -OCH3 is 2. The molecule has 0 spiro atoms. The average molecular weight is 315 g/mol. The molecule has 7 heteroatoms. The van der Waals surface area contributed by atoms with Gasteiger partial charge in [0.2, 0.25) is 5.75 Å². The minimum absolute atomic E-state index is 0.0954. The van der Waals surface area contributed by atoms with Gasteiger partial charge in [-0.15, -0.1) is 0 Å². The monoisotopic (exact) mass is 315 g/mol. The number of rotatable bonds is 5. The summed E-state index contributed by atoms with van der Waals surface area (Å²) in [5, 5.41) is 13.7. The van der Waals surface area contributed by atoms with Crippen LogP contribution < -0.4 is 14.9 Å². The van der Waals surface area contributed by atoms with Crippen LogP contribution in [0.3, 0.4) is 0 Å². The Labute approximate surface area is 133 Å². The summed E-state index contributed by atoms with van der Waals surface area (Å²) in [5.74, 6) is 0.0353. The maximum atomic E-state index is 11.9. The lowest BCUT2D eigenvalue weighted by atomic mass is 10.2. The molecule has 0 saturated heterocycles. The summed E-state index contributed by atoms with van der Waals surface area (Å²) in [6.07, 6.45) is 2.90. The standard InChI is InChI=1S/C16H17N3O4/c1-10-4-5-12(9-17-10)16(21)19-18-8-11-6-13(22-2)15(20)14(7-11)23-3/h4-9,20H,1-3H3,(H,19,21). The molecule has 7 nitrogen and oxygen atoms in total. The summed E-state index contributed by atoms with van der Waals surface area (Å²) in [6, 6.07) is 6.55. The molecule has 0 atom stereocenters. The van der Waals surface area contributed by atoms with E-state index in [2.05, 4.69) is 15.5 Å². The third-order valence-corrected chi connectivity index (χ3v) is 3.06. The van der Waals surface area contributed by atoms with Crippen LogP contribution in [0, 0.1) is 6.92 Å². The molecule has 120 valence electrons. The number of aromatic nitrogens is 1. The van der Waals surface area contributed by atoms with Crippen LogP contribution in [0.5, 0.6) is 17.2 Å². The average Bonchev–Trinajstić information content (AvgIpc) is 2.56. The molecule has 2 rings (SSSR count). The van der Waals surface area contributed by atoms with Gasteiger partial charge in [-0.2, -0.15) is 5.10 Å². The zero-order valence-corrected chi connectivity index (χ0v) is 13.0. The summed E-state index contributed by atoms with van der Waals surface area (Å²) in [4.78, 5) is 15.9. The number of hydrogen-bond donors (Lipinski definition) is 2. The molecule has 2 N–H and O–H groups in total. The highest BCUT2D eigenvalue weighted by Crippen LogP contribution is 2.36. The van der Waals surface area contributed by atoms with Crippen LogP contribution in [0.2, 0.25) is 0 Å². The molecule has 0 fully saturated rings. The molecule has 0 aliphatic heterocycles. The summed E-state index contributed by atoms with van der Waals surface area (Å²) >= 11 is 0. The zero-order chi connectivity index (χ0) is 16.8. The van der Waals surface area contributed by atoms with Crippen molar-refractivity contribution in [1.82, 2.24) is 10.4 Å². The van der Waals surface area contributed by atoms with Gasteiger partial charge in [-0.05, 0) is 31.2 Å². The third kappa shape index (κ3) is 3.97. The van der Waals surface area contributed by atoms with Gasteiger partial charge < -0.3 is 14.6 Å². The molecule has 1 aromatic carbocycles. The SMILES string of the molecule is COc1cc(C=NNC(=O)c2ccc(C)nc2)cc(OC)c1O. The van der Waals surface area contributed by atoms with Crippen LogP contribution in [0.25, 0.3) is 0 Å². The van der Waals surface area contributed by atoms with Crippen LogP contribution >= 0.6 is 0 Å². The number of carbonyl (C=O) groups is 1. The molecule has 0 radical (unpaired) electrons. The number of hydrogen-bond acceptors (Lipinski definition) is 6. The van der Waals surface area contributed by atoms with Gasteiger partial charge in [-0.3, -0.25) is 9.78 Å². The van der Waals surface area contributed by atoms with E-state index in [1.807, 2.05) is 6.92 Å². The van der Waals surface area contributed by atoms with Gasteiger partial charge in [0.15, 0.2) is 11.5 Å². The van der Waals surface area contributed by atoms with E-state index in [-0.39, 0.29) is 23.2 Å². The van der Waals surface area contributed by atoms with Crippen LogP contribution in [0.4, 0.5) is 0 Å². The van der Waals surface area contributed by atoms with E-state index < -0.39 is 0 Å². The number of aromatic hydroxyl groups is 1. The van der Waals surface area contributed by atoms with Gasteiger partial charge >= 0.3 is 0 Å². The third-order valence-electron chi connectivity index (χ3n) is 3.06. The van der Waals surface area contributed by atoms with Crippen molar-refractivity contribution in [3.63, 3.8) is 0 Å². The molecule has 0 aliphatic rings. The van der Waals surface area contributed by atoms with Crippen LogP contribution in [-0.4, -0.2) is 36.4 Å². The number of amides is 1. The Balaban J connectivity index is 2.11. The number of nitrogens with zero attached hydrogens (tertiary/aromatic N) is 2. The molecule has 23 heavy (non-hydrogen) atoms. The Hall–Kier alpha value is -3.09. The second kappa shape index (κ2) is 7.26. The van der Waals surface area contributed by atoms with E-state index in [4.69, 9.17) is 9.47 Å². The largest absolute Gasteiger partial charge is 0.502 e. The lowest BCUT2D eigenvalue weighted by Gasteiger charge is -2.09. The number of pyridine rings is 1. The number of phenolic OH excluding ortho intramolecular Hbond substituents is 1. The predicted molar refractivity (Wildman–Crippen MR) is 85.2 cm³/mol. The molecule has 0 aliphatic carbocycles. The summed E-state index contributed by atoms with van der Waals surface area (Å²) in [6.45, 7) is 1.84. The second-order valence-corrected chi connectivity index (χ2v) is 4.66. The number of hydrazone groups is 1. The molecule has 1 aromatic heterocycles. The number of aryl methyl sites for hydroxylation is 1. The van der Waals surface area contributed by atoms with E-state index in [0.29, 0.717) is 11.1 Å². The van der Waals surface area contributed by atoms with E-state index in [1.54, 1.807) is 24.3 Å². The number of carbonyl (C=O) groups excluding carboxylic acids is 1. The van der Waals surface area contributed by atoms with Gasteiger partial charge in [-0.25, -0.2) is 5.43 Å². The summed E-state index contributed by atoms with van der Waals surface area (Å²) in [5.41, 5.74) is 4.24. The Morgan fingerprint density at radius 2 is 1.91 bits per heavy atom. The van der Waals surface area contributed by atoms with Crippen molar-refractivity contribution in [2.24, 2.45) is 5.10 Å². The van der Waals surface area contributed by atoms with Gasteiger partial charge in [0.1, 0.15) is 0 Å². The number of ether oxygens (including phenoxy) is 2. The Bertz CT molecular complexity index is 702. The van der Waals surface area contributed by atoms with Crippen LogP contribution in [0.1, 0.15) is 21.6 Å². The lowest BCUT2D eigenvalue weighted by molar-refractivity contribution is 0.0955. The first kappa shape index (κ1) is 16.3. The molecule has 0 unspecified atom stereocenters. The van der Waals surface area contributed by atoms with Gasteiger partial charge in [-0.1, -0.05) is 0 Å². The van der Waals surface area contributed by atoms with Crippen molar-refractivity contribution in [1.29, 1.82) is 0 Å². The molecular weight excluding hydrogens is 298 g/mol. The smallest absolute Gasteiger partial charge is 0.272 e. The fraction of sp³-hybridized carbons (Fsp3) is 0.188. The Morgan fingerprint density at radius 1 is 1.26 bits per heavy atom. The maximum Gasteiger partial charge on any atom is 0.272 e. The van der Waals surface area contributed by atoms with Crippen molar-refractivity contribution in [3.05, 3.63) is 47.3 Å². The van der Waals surface area contributed by atoms with Crippen molar-refractivity contribution in [2.75, 3.05) is 14.2 Å². The highest BCUT2D eigenvalue weighted by atomic mass is 16.5. The highest BCUT2D eigenvalue weighted by molar-refractivity contribution is 5.94. The summed E-state index contributed by atoms with van der Waals surface area (Å²) in [7, 11) is 2.86. The number of nitrogens with one attached hydrogen (secondary N) is 1. The normalized spacial score (nSPS) is 10.6.